The third-order valence-corrected chi connectivity index (χ3v) is 3.60. The highest BCUT2D eigenvalue weighted by molar-refractivity contribution is 8.00. The highest BCUT2D eigenvalue weighted by Gasteiger charge is 2.15. The SMILES string of the molecule is CNC(=O)COC(=O)c1ccccc1SCC(=O)NC(C)C. The lowest BCUT2D eigenvalue weighted by Gasteiger charge is -2.10. The van der Waals surface area contributed by atoms with Crippen molar-refractivity contribution in [1.29, 1.82) is 0 Å². The molecule has 120 valence electrons. The van der Waals surface area contributed by atoms with Gasteiger partial charge in [-0.3, -0.25) is 9.59 Å². The van der Waals surface area contributed by atoms with Gasteiger partial charge in [0, 0.05) is 18.0 Å². The number of carbonyl (C=O) groups excluding carboxylic acids is 3. The Bertz CT molecular complexity index is 546. The molecular weight excluding hydrogens is 304 g/mol. The highest BCUT2D eigenvalue weighted by atomic mass is 32.2. The molecule has 0 unspecified atom stereocenters. The van der Waals surface area contributed by atoms with Crippen molar-refractivity contribution in [2.45, 2.75) is 24.8 Å². The summed E-state index contributed by atoms with van der Waals surface area (Å²) in [5, 5.41) is 5.15. The summed E-state index contributed by atoms with van der Waals surface area (Å²) >= 11 is 1.25. The van der Waals surface area contributed by atoms with Gasteiger partial charge in [0.15, 0.2) is 6.61 Å². The van der Waals surface area contributed by atoms with Gasteiger partial charge >= 0.3 is 5.97 Å². The van der Waals surface area contributed by atoms with E-state index in [-0.39, 0.29) is 30.2 Å². The average Bonchev–Trinajstić information content (AvgIpc) is 2.49. The first-order valence-electron chi connectivity index (χ1n) is 6.83. The summed E-state index contributed by atoms with van der Waals surface area (Å²) in [6.45, 7) is 3.43. The first-order chi connectivity index (χ1) is 10.4. The zero-order valence-electron chi connectivity index (χ0n) is 12.8. The summed E-state index contributed by atoms with van der Waals surface area (Å²) in [6.07, 6.45) is 0. The number of hydrogen-bond donors (Lipinski definition) is 2. The van der Waals surface area contributed by atoms with Crippen LogP contribution in [0.4, 0.5) is 0 Å². The Hall–Kier alpha value is -2.02. The first kappa shape index (κ1) is 18.0. The molecule has 0 radical (unpaired) electrons. The van der Waals surface area contributed by atoms with Crippen molar-refractivity contribution in [2.75, 3.05) is 19.4 Å². The molecule has 0 heterocycles. The smallest absolute Gasteiger partial charge is 0.339 e. The summed E-state index contributed by atoms with van der Waals surface area (Å²) in [5.41, 5.74) is 0.341. The van der Waals surface area contributed by atoms with E-state index in [1.807, 2.05) is 13.8 Å². The van der Waals surface area contributed by atoms with Gasteiger partial charge in [0.05, 0.1) is 11.3 Å². The summed E-state index contributed by atoms with van der Waals surface area (Å²) in [7, 11) is 1.47. The Morgan fingerprint density at radius 3 is 2.50 bits per heavy atom. The maximum Gasteiger partial charge on any atom is 0.339 e. The second-order valence-corrected chi connectivity index (χ2v) is 5.77. The van der Waals surface area contributed by atoms with Crippen LogP contribution in [0, 0.1) is 0 Å². The van der Waals surface area contributed by atoms with Crippen molar-refractivity contribution in [3.63, 3.8) is 0 Å². The molecule has 2 amide bonds. The van der Waals surface area contributed by atoms with E-state index < -0.39 is 5.97 Å². The number of amides is 2. The number of esters is 1. The summed E-state index contributed by atoms with van der Waals surface area (Å²) in [5.74, 6) is -0.864. The lowest BCUT2D eigenvalue weighted by molar-refractivity contribution is -0.123. The van der Waals surface area contributed by atoms with Crippen LogP contribution in [-0.2, 0) is 14.3 Å². The summed E-state index contributed by atoms with van der Waals surface area (Å²) in [4.78, 5) is 35.4. The van der Waals surface area contributed by atoms with Crippen LogP contribution in [0.2, 0.25) is 0 Å². The Morgan fingerprint density at radius 2 is 1.86 bits per heavy atom. The van der Waals surface area contributed by atoms with Gasteiger partial charge in [0.1, 0.15) is 0 Å². The minimum atomic E-state index is -0.587. The minimum absolute atomic E-state index is 0.0702. The van der Waals surface area contributed by atoms with E-state index >= 15 is 0 Å². The van der Waals surface area contributed by atoms with Crippen LogP contribution in [0.5, 0.6) is 0 Å². The van der Waals surface area contributed by atoms with Crippen LogP contribution >= 0.6 is 11.8 Å². The molecule has 0 saturated heterocycles. The largest absolute Gasteiger partial charge is 0.452 e. The number of thioether (sulfide) groups is 1. The molecule has 1 aromatic carbocycles. The van der Waals surface area contributed by atoms with Crippen LogP contribution < -0.4 is 10.6 Å². The van der Waals surface area contributed by atoms with Gasteiger partial charge in [-0.15, -0.1) is 11.8 Å². The van der Waals surface area contributed by atoms with E-state index in [9.17, 15) is 14.4 Å². The number of rotatable bonds is 7. The lowest BCUT2D eigenvalue weighted by atomic mass is 10.2. The Balaban J connectivity index is 2.67. The Kier molecular flexibility index (Phi) is 7.45. The molecular formula is C15H20N2O4S. The molecule has 7 heteroatoms. The molecule has 6 nitrogen and oxygen atoms in total. The summed E-state index contributed by atoms with van der Waals surface area (Å²) < 4.78 is 4.93. The van der Waals surface area contributed by atoms with Gasteiger partial charge in [-0.2, -0.15) is 0 Å². The molecule has 2 N–H and O–H groups in total. The molecule has 0 aliphatic carbocycles. The highest BCUT2D eigenvalue weighted by Crippen LogP contribution is 2.23. The quantitative estimate of drug-likeness (QED) is 0.582. The van der Waals surface area contributed by atoms with Crippen LogP contribution in [-0.4, -0.2) is 43.2 Å². The van der Waals surface area contributed by atoms with Gasteiger partial charge in [-0.05, 0) is 26.0 Å². The van der Waals surface area contributed by atoms with Crippen molar-refractivity contribution in [1.82, 2.24) is 10.6 Å². The molecule has 0 saturated carbocycles. The van der Waals surface area contributed by atoms with E-state index in [2.05, 4.69) is 10.6 Å². The normalized spacial score (nSPS) is 10.2. The number of likely N-dealkylation sites (N-methyl/N-ethyl adjacent to an activating group) is 1. The molecule has 22 heavy (non-hydrogen) atoms. The number of nitrogens with one attached hydrogen (secondary N) is 2. The van der Waals surface area contributed by atoms with Crippen LogP contribution in [0.15, 0.2) is 29.2 Å². The molecule has 0 aromatic heterocycles. The standard InChI is InChI=1S/C15H20N2O4S/c1-10(2)17-14(19)9-22-12-7-5-4-6-11(12)15(20)21-8-13(18)16-3/h4-7,10H,8-9H2,1-3H3,(H,16,18)(H,17,19). The molecule has 0 aliphatic heterocycles. The molecule has 1 rings (SSSR count). The third-order valence-electron chi connectivity index (χ3n) is 2.53. The second kappa shape index (κ2) is 9.09. The van der Waals surface area contributed by atoms with Crippen molar-refractivity contribution in [3.05, 3.63) is 29.8 Å². The number of ether oxygens (including phenoxy) is 1. The van der Waals surface area contributed by atoms with Gasteiger partial charge in [-0.25, -0.2) is 4.79 Å². The monoisotopic (exact) mass is 324 g/mol. The fourth-order valence-corrected chi connectivity index (χ4v) is 2.40. The van der Waals surface area contributed by atoms with E-state index in [4.69, 9.17) is 4.74 Å². The van der Waals surface area contributed by atoms with E-state index in [1.54, 1.807) is 24.3 Å². The van der Waals surface area contributed by atoms with Crippen molar-refractivity contribution >= 4 is 29.5 Å². The maximum absolute atomic E-state index is 12.0. The molecule has 1 aromatic rings. The fraction of sp³-hybridized carbons (Fsp3) is 0.400. The topological polar surface area (TPSA) is 84.5 Å². The minimum Gasteiger partial charge on any atom is -0.452 e. The number of benzene rings is 1. The maximum atomic E-state index is 12.0. The van der Waals surface area contributed by atoms with Gasteiger partial charge in [0.2, 0.25) is 5.91 Å². The molecule has 0 bridgehead atoms. The van der Waals surface area contributed by atoms with Crippen molar-refractivity contribution in [3.8, 4) is 0 Å². The number of hydrogen-bond acceptors (Lipinski definition) is 5. The molecule has 0 spiro atoms. The van der Waals surface area contributed by atoms with Gasteiger partial charge in [0.25, 0.3) is 5.91 Å². The third kappa shape index (κ3) is 6.17. The summed E-state index contributed by atoms with van der Waals surface area (Å²) in [6, 6.07) is 6.90. The van der Waals surface area contributed by atoms with Crippen LogP contribution in [0.3, 0.4) is 0 Å². The fourth-order valence-electron chi connectivity index (χ4n) is 1.55. The molecule has 0 atom stereocenters. The van der Waals surface area contributed by atoms with Crippen LogP contribution in [0.25, 0.3) is 0 Å². The first-order valence-corrected chi connectivity index (χ1v) is 7.81. The van der Waals surface area contributed by atoms with Gasteiger partial charge < -0.3 is 15.4 Å². The molecule has 0 aliphatic rings. The van der Waals surface area contributed by atoms with Crippen molar-refractivity contribution < 1.29 is 19.1 Å². The van der Waals surface area contributed by atoms with Crippen LogP contribution in [0.1, 0.15) is 24.2 Å². The zero-order valence-corrected chi connectivity index (χ0v) is 13.7. The number of carbonyl (C=O) groups is 3. The lowest BCUT2D eigenvalue weighted by Crippen LogP contribution is -2.31. The van der Waals surface area contributed by atoms with E-state index in [1.165, 1.54) is 18.8 Å². The predicted octanol–water partition coefficient (Wildman–Crippen LogP) is 1.21. The van der Waals surface area contributed by atoms with E-state index in [0.717, 1.165) is 0 Å². The Labute approximate surface area is 134 Å². The zero-order chi connectivity index (χ0) is 16.5. The second-order valence-electron chi connectivity index (χ2n) is 4.76. The molecule has 0 fully saturated rings. The Morgan fingerprint density at radius 1 is 1.18 bits per heavy atom. The average molecular weight is 324 g/mol. The van der Waals surface area contributed by atoms with E-state index in [0.29, 0.717) is 10.5 Å². The van der Waals surface area contributed by atoms with Crippen molar-refractivity contribution in [2.24, 2.45) is 0 Å². The van der Waals surface area contributed by atoms with Gasteiger partial charge in [-0.1, -0.05) is 12.1 Å². The predicted molar refractivity (Wildman–Crippen MR) is 84.8 cm³/mol.